The zero-order chi connectivity index (χ0) is 23.8. The fourth-order valence-electron chi connectivity index (χ4n) is 3.24. The Morgan fingerprint density at radius 2 is 1.58 bits per heavy atom. The summed E-state index contributed by atoms with van der Waals surface area (Å²) in [6, 6.07) is 13.5. The van der Waals surface area contributed by atoms with Crippen molar-refractivity contribution < 1.29 is 17.6 Å². The highest BCUT2D eigenvalue weighted by Gasteiger charge is 2.17. The largest absolute Gasteiger partial charge is 0.451 e. The molecule has 168 valence electrons. The second kappa shape index (κ2) is 8.47. The minimum Gasteiger partial charge on any atom is -0.451 e. The molecule has 10 heteroatoms. The van der Waals surface area contributed by atoms with Crippen molar-refractivity contribution in [3.63, 3.8) is 0 Å². The first-order valence-electron chi connectivity index (χ1n) is 9.92. The van der Waals surface area contributed by atoms with Gasteiger partial charge in [-0.1, -0.05) is 11.6 Å². The first kappa shape index (κ1) is 22.2. The van der Waals surface area contributed by atoms with Gasteiger partial charge in [0.15, 0.2) is 11.2 Å². The Labute approximate surface area is 189 Å². The van der Waals surface area contributed by atoms with Crippen molar-refractivity contribution >= 4 is 38.5 Å². The Balaban J connectivity index is 1.52. The van der Waals surface area contributed by atoms with Gasteiger partial charge < -0.3 is 9.73 Å². The molecule has 0 bridgehead atoms. The first-order valence-corrected chi connectivity index (χ1v) is 11.4. The number of hydrogen-bond donors (Lipinski definition) is 2. The molecule has 0 aliphatic heterocycles. The van der Waals surface area contributed by atoms with E-state index in [0.29, 0.717) is 28.0 Å². The van der Waals surface area contributed by atoms with Crippen molar-refractivity contribution in [2.24, 2.45) is 0 Å². The number of hydrogen-bond acceptors (Lipinski definition) is 7. The number of amides is 1. The first-order chi connectivity index (χ1) is 15.6. The molecule has 33 heavy (non-hydrogen) atoms. The third-order valence-corrected chi connectivity index (χ3v) is 6.08. The predicted molar refractivity (Wildman–Crippen MR) is 124 cm³/mol. The van der Waals surface area contributed by atoms with Gasteiger partial charge in [-0.15, -0.1) is 0 Å². The van der Waals surface area contributed by atoms with Gasteiger partial charge in [-0.05, 0) is 63.2 Å². The van der Waals surface area contributed by atoms with E-state index in [1.165, 1.54) is 24.3 Å². The lowest BCUT2D eigenvalue weighted by Gasteiger charge is -2.09. The molecular weight excluding hydrogens is 444 g/mol. The van der Waals surface area contributed by atoms with Gasteiger partial charge >= 0.3 is 0 Å². The molecule has 1 amide bonds. The van der Waals surface area contributed by atoms with Gasteiger partial charge in [-0.2, -0.15) is 0 Å². The van der Waals surface area contributed by atoms with Gasteiger partial charge in [0, 0.05) is 23.1 Å². The lowest BCUT2D eigenvalue weighted by Crippen LogP contribution is -2.17. The van der Waals surface area contributed by atoms with Crippen LogP contribution in [0.5, 0.6) is 0 Å². The summed E-state index contributed by atoms with van der Waals surface area (Å²) >= 11 is 0. The van der Waals surface area contributed by atoms with E-state index < -0.39 is 15.9 Å². The summed E-state index contributed by atoms with van der Waals surface area (Å²) in [5.41, 5.74) is 2.47. The van der Waals surface area contributed by atoms with Crippen molar-refractivity contribution in [2.75, 3.05) is 10.0 Å². The molecule has 2 heterocycles. The Morgan fingerprint density at radius 3 is 2.24 bits per heavy atom. The molecule has 2 N–H and O–H groups in total. The van der Waals surface area contributed by atoms with Gasteiger partial charge in [-0.3, -0.25) is 9.59 Å². The van der Waals surface area contributed by atoms with Crippen LogP contribution in [-0.2, 0) is 10.0 Å². The van der Waals surface area contributed by atoms with Crippen LogP contribution in [0.3, 0.4) is 0 Å². The summed E-state index contributed by atoms with van der Waals surface area (Å²) in [5, 5.41) is 2.98. The Hall–Kier alpha value is -4.05. The van der Waals surface area contributed by atoms with Crippen molar-refractivity contribution in [3.8, 4) is 0 Å². The van der Waals surface area contributed by atoms with Gasteiger partial charge in [0.1, 0.15) is 5.58 Å². The van der Waals surface area contributed by atoms with E-state index in [1.807, 2.05) is 6.92 Å². The number of rotatable bonds is 5. The number of nitrogens with zero attached hydrogens (tertiary/aromatic N) is 2. The molecule has 2 aromatic heterocycles. The fraction of sp³-hybridized carbons (Fsp3) is 0.130. The molecule has 0 aliphatic carbocycles. The number of fused-ring (bicyclic) bond motifs is 1. The average Bonchev–Trinajstić information content (AvgIpc) is 2.73. The Morgan fingerprint density at radius 1 is 0.909 bits per heavy atom. The lowest BCUT2D eigenvalue weighted by molar-refractivity contribution is 0.0997. The standard InChI is InChI=1S/C23H20N4O5S/c1-13-4-9-20-18(10-13)19(28)12-21(32-20)22(29)26-16-5-7-17(8-6-16)33(30,31)27-23-24-14(2)11-15(3)25-23/h4-12H,1-3H3,(H,26,29)(H,24,25,27). The molecule has 9 nitrogen and oxygen atoms in total. The minimum absolute atomic E-state index is 0.0218. The average molecular weight is 465 g/mol. The Bertz CT molecular complexity index is 1520. The third-order valence-electron chi connectivity index (χ3n) is 4.74. The van der Waals surface area contributed by atoms with E-state index in [4.69, 9.17) is 4.42 Å². The molecule has 4 rings (SSSR count). The zero-order valence-corrected chi connectivity index (χ0v) is 18.9. The van der Waals surface area contributed by atoms with Gasteiger partial charge in [0.2, 0.25) is 5.95 Å². The topological polar surface area (TPSA) is 131 Å². The molecule has 0 atom stereocenters. The number of carbonyl (C=O) groups excluding carboxylic acids is 1. The molecule has 0 saturated carbocycles. The molecule has 4 aromatic rings. The molecule has 0 fully saturated rings. The summed E-state index contributed by atoms with van der Waals surface area (Å²) in [4.78, 5) is 33.0. The molecule has 0 radical (unpaired) electrons. The lowest BCUT2D eigenvalue weighted by atomic mass is 10.1. The summed E-state index contributed by atoms with van der Waals surface area (Å²) in [6.45, 7) is 5.33. The number of aromatic nitrogens is 2. The van der Waals surface area contributed by atoms with E-state index in [1.54, 1.807) is 38.1 Å². The normalized spacial score (nSPS) is 11.4. The minimum atomic E-state index is -3.93. The van der Waals surface area contributed by atoms with Crippen LogP contribution in [-0.4, -0.2) is 24.3 Å². The summed E-state index contributed by atoms with van der Waals surface area (Å²) in [6.07, 6.45) is 0. The quantitative estimate of drug-likeness (QED) is 0.462. The summed E-state index contributed by atoms with van der Waals surface area (Å²) < 4.78 is 33.2. The smallest absolute Gasteiger partial charge is 0.291 e. The van der Waals surface area contributed by atoms with Crippen LogP contribution >= 0.6 is 0 Å². The molecule has 2 aromatic carbocycles. The van der Waals surface area contributed by atoms with E-state index in [0.717, 1.165) is 11.6 Å². The zero-order valence-electron chi connectivity index (χ0n) is 18.0. The molecular formula is C23H20N4O5S. The maximum atomic E-state index is 12.6. The van der Waals surface area contributed by atoms with Crippen LogP contribution in [0, 0.1) is 20.8 Å². The van der Waals surface area contributed by atoms with Gasteiger partial charge in [-0.25, -0.2) is 23.1 Å². The summed E-state index contributed by atoms with van der Waals surface area (Å²) in [5.74, 6) is -0.806. The summed E-state index contributed by atoms with van der Waals surface area (Å²) in [7, 11) is -3.93. The highest BCUT2D eigenvalue weighted by atomic mass is 32.2. The van der Waals surface area contributed by atoms with Crippen molar-refractivity contribution in [1.29, 1.82) is 0 Å². The van der Waals surface area contributed by atoms with Crippen molar-refractivity contribution in [1.82, 2.24) is 9.97 Å². The van der Waals surface area contributed by atoms with E-state index in [9.17, 15) is 18.0 Å². The number of benzene rings is 2. The number of aryl methyl sites for hydroxylation is 3. The van der Waals surface area contributed by atoms with Crippen molar-refractivity contribution in [2.45, 2.75) is 25.7 Å². The second-order valence-corrected chi connectivity index (χ2v) is 9.22. The maximum Gasteiger partial charge on any atom is 0.291 e. The Kier molecular flexibility index (Phi) is 5.69. The van der Waals surface area contributed by atoms with Crippen LogP contribution < -0.4 is 15.5 Å². The molecule has 0 saturated heterocycles. The number of sulfonamides is 1. The molecule has 0 spiro atoms. The number of carbonyl (C=O) groups is 1. The fourth-order valence-corrected chi connectivity index (χ4v) is 4.19. The predicted octanol–water partition coefficient (Wildman–Crippen LogP) is 3.56. The van der Waals surface area contributed by atoms with E-state index >= 15 is 0 Å². The SMILES string of the molecule is Cc1ccc2oc(C(=O)Nc3ccc(S(=O)(=O)Nc4nc(C)cc(C)n4)cc3)cc(=O)c2c1. The second-order valence-electron chi connectivity index (χ2n) is 7.53. The van der Waals surface area contributed by atoms with Gasteiger partial charge in [0.05, 0.1) is 10.3 Å². The van der Waals surface area contributed by atoms with Gasteiger partial charge in [0.25, 0.3) is 15.9 Å². The highest BCUT2D eigenvalue weighted by Crippen LogP contribution is 2.19. The van der Waals surface area contributed by atoms with E-state index in [2.05, 4.69) is 20.0 Å². The van der Waals surface area contributed by atoms with Crippen LogP contribution in [0.2, 0.25) is 0 Å². The number of anilines is 2. The molecule has 0 aliphatic rings. The van der Waals surface area contributed by atoms with Crippen LogP contribution in [0.25, 0.3) is 11.0 Å². The van der Waals surface area contributed by atoms with Crippen LogP contribution in [0.1, 0.15) is 27.5 Å². The van der Waals surface area contributed by atoms with Crippen LogP contribution in [0.15, 0.2) is 68.7 Å². The van der Waals surface area contributed by atoms with Crippen LogP contribution in [0.4, 0.5) is 11.6 Å². The van der Waals surface area contributed by atoms with Crippen molar-refractivity contribution in [3.05, 3.63) is 87.5 Å². The highest BCUT2D eigenvalue weighted by molar-refractivity contribution is 7.92. The third kappa shape index (κ3) is 4.90. The maximum absolute atomic E-state index is 12.6. The number of nitrogens with one attached hydrogen (secondary N) is 2. The van der Waals surface area contributed by atoms with E-state index in [-0.39, 0.29) is 22.0 Å². The monoisotopic (exact) mass is 464 g/mol. The molecule has 0 unspecified atom stereocenters.